The highest BCUT2D eigenvalue weighted by atomic mass is 16.6. The summed E-state index contributed by atoms with van der Waals surface area (Å²) in [5, 5.41) is 22.5. The van der Waals surface area contributed by atoms with Gasteiger partial charge in [0, 0.05) is 0 Å². The van der Waals surface area contributed by atoms with Crippen molar-refractivity contribution in [1.82, 2.24) is 4.98 Å². The maximum absolute atomic E-state index is 12.3. The molecule has 156 valence electrons. The summed E-state index contributed by atoms with van der Waals surface area (Å²) in [6.45, 7) is 1.42. The van der Waals surface area contributed by atoms with Crippen molar-refractivity contribution in [3.63, 3.8) is 0 Å². The van der Waals surface area contributed by atoms with Gasteiger partial charge in [0.25, 0.3) is 0 Å². The molecule has 0 unspecified atom stereocenters. The van der Waals surface area contributed by atoms with Gasteiger partial charge in [-0.3, -0.25) is 25.0 Å². The molecule has 2 heterocycles. The fourth-order valence-corrected chi connectivity index (χ4v) is 2.41. The maximum Gasteiger partial charge on any atom is 0.345 e. The Hall–Kier alpha value is -2.45. The third-order valence-electron chi connectivity index (χ3n) is 3.65. The van der Waals surface area contributed by atoms with Gasteiger partial charge in [0.2, 0.25) is 0 Å². The minimum Gasteiger partial charge on any atom is -0.377 e. The second-order valence-corrected chi connectivity index (χ2v) is 5.56. The lowest BCUT2D eigenvalue weighted by Crippen LogP contribution is -2.21. The highest BCUT2D eigenvalue weighted by molar-refractivity contribution is 5.48. The Labute approximate surface area is 158 Å². The predicted octanol–water partition coefficient (Wildman–Crippen LogP) is 0.288. The number of fused-ring (bicyclic) bond motifs is 2. The molecule has 0 saturated heterocycles. The summed E-state index contributed by atoms with van der Waals surface area (Å²) < 4.78 is 26.4. The molecule has 1 aromatic rings. The van der Waals surface area contributed by atoms with Gasteiger partial charge in [0.05, 0.1) is 75.9 Å². The summed E-state index contributed by atoms with van der Waals surface area (Å²) >= 11 is 0. The van der Waals surface area contributed by atoms with Crippen molar-refractivity contribution in [3.8, 4) is 0 Å². The number of rotatable bonds is 2. The Balaban J connectivity index is 2.25. The van der Waals surface area contributed by atoms with Crippen molar-refractivity contribution in [2.45, 2.75) is 13.2 Å². The third-order valence-corrected chi connectivity index (χ3v) is 3.65. The van der Waals surface area contributed by atoms with Crippen LogP contribution in [0.3, 0.4) is 0 Å². The molecule has 0 spiro atoms. The van der Waals surface area contributed by atoms with Gasteiger partial charge >= 0.3 is 16.8 Å². The molecule has 0 fully saturated rings. The van der Waals surface area contributed by atoms with Crippen LogP contribution < -0.4 is 5.43 Å². The van der Waals surface area contributed by atoms with Crippen molar-refractivity contribution >= 4 is 11.4 Å². The standard InChI is InChI=1S/C15H21N3O10/c19-15-13(17(20)21)11-9-27-7-5-25-3-1-24-2-4-26-6-8-28-10-12(16-11)14(15)18(22)23/h1-10H2,(H,16,19). The summed E-state index contributed by atoms with van der Waals surface area (Å²) in [6, 6.07) is 0. The monoisotopic (exact) mass is 403 g/mol. The van der Waals surface area contributed by atoms with Crippen LogP contribution in [0.1, 0.15) is 11.4 Å². The number of H-pyrrole nitrogens is 1. The lowest BCUT2D eigenvalue weighted by atomic mass is 10.2. The lowest BCUT2D eigenvalue weighted by Gasteiger charge is -2.11. The van der Waals surface area contributed by atoms with Gasteiger partial charge in [-0.25, -0.2) is 0 Å². The second-order valence-electron chi connectivity index (χ2n) is 5.56. The first-order chi connectivity index (χ1) is 13.5. The minimum atomic E-state index is -1.30. The fraction of sp³-hybridized carbons (Fsp3) is 0.667. The van der Waals surface area contributed by atoms with Gasteiger partial charge in [0.15, 0.2) is 0 Å². The van der Waals surface area contributed by atoms with Crippen LogP contribution in [0.4, 0.5) is 11.4 Å². The fourth-order valence-electron chi connectivity index (χ4n) is 2.41. The lowest BCUT2D eigenvalue weighted by molar-refractivity contribution is -0.398. The Morgan fingerprint density at radius 2 is 0.964 bits per heavy atom. The number of ether oxygens (including phenoxy) is 5. The first kappa shape index (κ1) is 21.8. The van der Waals surface area contributed by atoms with Gasteiger partial charge < -0.3 is 28.7 Å². The molecule has 0 amide bonds. The van der Waals surface area contributed by atoms with Crippen LogP contribution in [0.15, 0.2) is 4.79 Å². The molecule has 1 aromatic heterocycles. The summed E-state index contributed by atoms with van der Waals surface area (Å²) in [5.41, 5.74) is -3.52. The first-order valence-electron chi connectivity index (χ1n) is 8.48. The Morgan fingerprint density at radius 1 is 0.643 bits per heavy atom. The Kier molecular flexibility index (Phi) is 8.90. The molecule has 2 rings (SSSR count). The summed E-state index contributed by atoms with van der Waals surface area (Å²) in [5.74, 6) is 0. The van der Waals surface area contributed by atoms with Gasteiger partial charge in [-0.05, 0) is 0 Å². The minimum absolute atomic E-state index is 0.102. The van der Waals surface area contributed by atoms with E-state index in [-0.39, 0.29) is 51.0 Å². The molecule has 1 N–H and O–H groups in total. The second kappa shape index (κ2) is 11.4. The summed E-state index contributed by atoms with van der Waals surface area (Å²) in [4.78, 5) is 35.5. The van der Waals surface area contributed by atoms with Gasteiger partial charge in [-0.1, -0.05) is 0 Å². The van der Waals surface area contributed by atoms with E-state index in [4.69, 9.17) is 23.7 Å². The number of hydrogen-bond donors (Lipinski definition) is 1. The van der Waals surface area contributed by atoms with Crippen LogP contribution in [0, 0.1) is 20.2 Å². The van der Waals surface area contributed by atoms with E-state index in [1.54, 1.807) is 0 Å². The molecule has 28 heavy (non-hydrogen) atoms. The topological polar surface area (TPSA) is 165 Å². The number of aromatic nitrogens is 1. The number of aromatic amines is 1. The van der Waals surface area contributed by atoms with Crippen LogP contribution in [-0.4, -0.2) is 67.7 Å². The van der Waals surface area contributed by atoms with E-state index in [2.05, 4.69) is 4.98 Å². The van der Waals surface area contributed by atoms with Crippen LogP contribution in [-0.2, 0) is 36.9 Å². The van der Waals surface area contributed by atoms with E-state index >= 15 is 0 Å². The highest BCUT2D eigenvalue weighted by Crippen LogP contribution is 2.21. The molecule has 0 atom stereocenters. The van der Waals surface area contributed by atoms with Gasteiger partial charge in [-0.2, -0.15) is 0 Å². The molecule has 13 heteroatoms. The zero-order valence-corrected chi connectivity index (χ0v) is 15.0. The average Bonchev–Trinajstić information content (AvgIpc) is 2.63. The van der Waals surface area contributed by atoms with E-state index in [1.807, 2.05) is 0 Å². The number of nitrogens with zero attached hydrogens (tertiary/aromatic N) is 2. The zero-order valence-electron chi connectivity index (χ0n) is 15.0. The molecule has 0 aromatic carbocycles. The van der Waals surface area contributed by atoms with Crippen molar-refractivity contribution in [2.24, 2.45) is 0 Å². The van der Waals surface area contributed by atoms with Crippen LogP contribution in [0.2, 0.25) is 0 Å². The number of pyridine rings is 1. The first-order valence-corrected chi connectivity index (χ1v) is 8.48. The summed E-state index contributed by atoms with van der Waals surface area (Å²) in [6.07, 6.45) is 0. The summed E-state index contributed by atoms with van der Waals surface area (Å²) in [7, 11) is 0. The van der Waals surface area contributed by atoms with E-state index in [0.717, 1.165) is 0 Å². The molecule has 0 aliphatic carbocycles. The van der Waals surface area contributed by atoms with E-state index in [1.165, 1.54) is 0 Å². The van der Waals surface area contributed by atoms with Gasteiger partial charge in [-0.15, -0.1) is 0 Å². The molecular formula is C15H21N3O10. The molecule has 1 aliphatic rings. The van der Waals surface area contributed by atoms with Crippen molar-refractivity contribution in [1.29, 1.82) is 0 Å². The quantitative estimate of drug-likeness (QED) is 0.535. The van der Waals surface area contributed by atoms with E-state index in [9.17, 15) is 25.0 Å². The molecule has 2 bridgehead atoms. The largest absolute Gasteiger partial charge is 0.377 e. The number of nitrogens with one attached hydrogen (secondary N) is 1. The maximum atomic E-state index is 12.3. The SMILES string of the molecule is O=c1c([N+](=O)[O-])c2[nH]c(c1[N+](=O)[O-])COCCOCCOCCOCCOC2. The van der Waals surface area contributed by atoms with Crippen molar-refractivity contribution < 1.29 is 33.5 Å². The molecule has 0 saturated carbocycles. The smallest absolute Gasteiger partial charge is 0.345 e. The predicted molar refractivity (Wildman–Crippen MR) is 92.1 cm³/mol. The van der Waals surface area contributed by atoms with Crippen molar-refractivity contribution in [2.75, 3.05) is 52.9 Å². The average molecular weight is 403 g/mol. The Morgan fingerprint density at radius 3 is 1.29 bits per heavy atom. The van der Waals surface area contributed by atoms with Crippen LogP contribution in [0.25, 0.3) is 0 Å². The van der Waals surface area contributed by atoms with E-state index in [0.29, 0.717) is 26.4 Å². The number of hydrogen-bond acceptors (Lipinski definition) is 10. The van der Waals surface area contributed by atoms with Crippen LogP contribution >= 0.6 is 0 Å². The Bertz CT molecular complexity index is 680. The van der Waals surface area contributed by atoms with E-state index < -0.39 is 26.7 Å². The highest BCUT2D eigenvalue weighted by Gasteiger charge is 2.32. The van der Waals surface area contributed by atoms with Gasteiger partial charge in [0.1, 0.15) is 11.4 Å². The molecule has 1 aliphatic heterocycles. The third kappa shape index (κ3) is 6.31. The van der Waals surface area contributed by atoms with Crippen LogP contribution in [0.5, 0.6) is 0 Å². The molecule has 0 radical (unpaired) electrons. The van der Waals surface area contributed by atoms with Crippen molar-refractivity contribution in [3.05, 3.63) is 41.8 Å². The normalized spacial score (nSPS) is 18.0. The molecule has 13 nitrogen and oxygen atoms in total. The molecular weight excluding hydrogens is 382 g/mol. The number of nitro groups is 2. The zero-order chi connectivity index (χ0) is 20.4.